The van der Waals surface area contributed by atoms with Gasteiger partial charge in [-0.05, 0) is 35.1 Å². The van der Waals surface area contributed by atoms with Crippen LogP contribution >= 0.6 is 0 Å². The molecule has 0 unspecified atom stereocenters. The largest absolute Gasteiger partial charge is 0.260 e. The topological polar surface area (TPSA) is 6.25 Å². The molecule has 1 heterocycles. The fourth-order valence-corrected chi connectivity index (χ4v) is 3.07. The Morgan fingerprint density at radius 1 is 0.783 bits per heavy atom. The monoisotopic (exact) mass is 307 g/mol. The van der Waals surface area contributed by atoms with Crippen molar-refractivity contribution in [2.75, 3.05) is 13.1 Å². The maximum atomic E-state index is 2.42. The van der Waals surface area contributed by atoms with Crippen molar-refractivity contribution in [2.45, 2.75) is 39.8 Å². The van der Waals surface area contributed by atoms with Gasteiger partial charge in [0, 0.05) is 0 Å². The van der Waals surface area contributed by atoms with E-state index >= 15 is 0 Å². The highest BCUT2D eigenvalue weighted by Crippen LogP contribution is 2.11. The first-order valence-electron chi connectivity index (χ1n) is 8.75. The number of nitrogens with zero attached hydrogens (tertiary/aromatic N) is 2. The second kappa shape index (κ2) is 7.45. The predicted octanol–water partition coefficient (Wildman–Crippen LogP) is 3.87. The molecule has 0 aliphatic carbocycles. The molecule has 120 valence electrons. The van der Waals surface area contributed by atoms with Crippen molar-refractivity contribution in [3.05, 3.63) is 70.8 Å². The number of benzene rings is 2. The summed E-state index contributed by atoms with van der Waals surface area (Å²) in [7, 11) is 0. The second-order valence-electron chi connectivity index (χ2n) is 6.40. The minimum absolute atomic E-state index is 1.01. The molecule has 0 radical (unpaired) electrons. The van der Waals surface area contributed by atoms with Gasteiger partial charge in [0.15, 0.2) is 0 Å². The zero-order valence-corrected chi connectivity index (χ0v) is 14.3. The number of rotatable bonds is 6. The summed E-state index contributed by atoms with van der Waals surface area (Å²) in [6.45, 7) is 8.65. The van der Waals surface area contributed by atoms with Crippen LogP contribution in [0.3, 0.4) is 0 Å². The van der Waals surface area contributed by atoms with Gasteiger partial charge in [0.2, 0.25) is 6.34 Å². The molecule has 0 N–H and O–H groups in total. The van der Waals surface area contributed by atoms with Gasteiger partial charge in [-0.2, -0.15) is 0 Å². The molecule has 2 aromatic rings. The molecule has 3 rings (SSSR count). The third kappa shape index (κ3) is 4.22. The minimum atomic E-state index is 1.01. The van der Waals surface area contributed by atoms with Crippen LogP contribution in [0.5, 0.6) is 0 Å². The molecule has 2 nitrogen and oxygen atoms in total. The van der Waals surface area contributed by atoms with Gasteiger partial charge in [-0.15, -0.1) is 0 Å². The first-order valence-corrected chi connectivity index (χ1v) is 8.75. The van der Waals surface area contributed by atoms with Crippen molar-refractivity contribution in [1.29, 1.82) is 0 Å². The molecule has 0 atom stereocenters. The van der Waals surface area contributed by atoms with Gasteiger partial charge in [-0.25, -0.2) is 0 Å². The third-order valence-electron chi connectivity index (χ3n) is 4.63. The molecule has 0 bridgehead atoms. The Morgan fingerprint density at radius 3 is 1.87 bits per heavy atom. The Kier molecular flexibility index (Phi) is 5.12. The van der Waals surface area contributed by atoms with E-state index in [1.807, 2.05) is 0 Å². The summed E-state index contributed by atoms with van der Waals surface area (Å²) >= 11 is 0. The van der Waals surface area contributed by atoms with Crippen LogP contribution in [0.1, 0.15) is 36.1 Å². The van der Waals surface area contributed by atoms with Crippen molar-refractivity contribution in [3.63, 3.8) is 0 Å². The normalized spacial score (nSPS) is 14.2. The van der Waals surface area contributed by atoms with Crippen LogP contribution in [0.25, 0.3) is 0 Å². The van der Waals surface area contributed by atoms with E-state index in [0.717, 1.165) is 39.0 Å². The Bertz CT molecular complexity index is 653. The van der Waals surface area contributed by atoms with Gasteiger partial charge in [0.1, 0.15) is 26.2 Å². The van der Waals surface area contributed by atoms with E-state index in [2.05, 4.69) is 78.2 Å². The molecule has 2 aromatic carbocycles. The maximum absolute atomic E-state index is 2.42. The highest BCUT2D eigenvalue weighted by atomic mass is 15.3. The first kappa shape index (κ1) is 15.8. The lowest BCUT2D eigenvalue weighted by molar-refractivity contribution is -0.530. The summed E-state index contributed by atoms with van der Waals surface area (Å²) in [5, 5.41) is 0. The van der Waals surface area contributed by atoms with Crippen molar-refractivity contribution in [1.82, 2.24) is 4.90 Å². The second-order valence-corrected chi connectivity index (χ2v) is 6.40. The van der Waals surface area contributed by atoms with E-state index in [0.29, 0.717) is 0 Å². The van der Waals surface area contributed by atoms with Gasteiger partial charge in [0.05, 0.1) is 0 Å². The third-order valence-corrected chi connectivity index (χ3v) is 4.63. The molecule has 0 aromatic heterocycles. The lowest BCUT2D eigenvalue weighted by Crippen LogP contribution is -2.18. The van der Waals surface area contributed by atoms with Gasteiger partial charge in [-0.1, -0.05) is 62.4 Å². The van der Waals surface area contributed by atoms with Crippen molar-refractivity contribution in [2.24, 2.45) is 0 Å². The van der Waals surface area contributed by atoms with E-state index in [9.17, 15) is 0 Å². The van der Waals surface area contributed by atoms with Crippen LogP contribution in [0.15, 0.2) is 48.5 Å². The predicted molar refractivity (Wildman–Crippen MR) is 96.9 cm³/mol. The lowest BCUT2D eigenvalue weighted by atomic mass is 10.1. The standard InChI is InChI=1S/C21H27N2/c1-3-18-5-9-20(10-6-18)15-22-13-14-23(17-22)16-21-11-7-19(4-2)8-12-21/h5-12,17H,3-4,13-16H2,1-2H3/q+1. The summed E-state index contributed by atoms with van der Waals surface area (Å²) in [6, 6.07) is 18.0. The van der Waals surface area contributed by atoms with Gasteiger partial charge >= 0.3 is 0 Å². The fraction of sp³-hybridized carbons (Fsp3) is 0.381. The zero-order valence-electron chi connectivity index (χ0n) is 14.3. The summed E-state index contributed by atoms with van der Waals surface area (Å²) in [4.78, 5) is 2.42. The smallest absolute Gasteiger partial charge is 0.234 e. The molecular formula is C21H27N2+. The number of hydrogen-bond donors (Lipinski definition) is 0. The number of hydrogen-bond acceptors (Lipinski definition) is 1. The minimum Gasteiger partial charge on any atom is -0.260 e. The maximum Gasteiger partial charge on any atom is 0.234 e. The molecule has 2 heteroatoms. The molecule has 0 amide bonds. The van der Waals surface area contributed by atoms with E-state index in [4.69, 9.17) is 0 Å². The highest BCUT2D eigenvalue weighted by molar-refractivity contribution is 5.50. The van der Waals surface area contributed by atoms with Crippen LogP contribution in [-0.4, -0.2) is 28.9 Å². The molecule has 0 saturated heterocycles. The molecule has 1 aliphatic rings. The van der Waals surface area contributed by atoms with Crippen molar-refractivity contribution >= 4 is 6.34 Å². The first-order chi connectivity index (χ1) is 11.3. The average Bonchev–Trinajstić information content (AvgIpc) is 3.03. The molecule has 23 heavy (non-hydrogen) atoms. The van der Waals surface area contributed by atoms with E-state index < -0.39 is 0 Å². The highest BCUT2D eigenvalue weighted by Gasteiger charge is 2.19. The summed E-state index contributed by atoms with van der Waals surface area (Å²) in [5.41, 5.74) is 5.62. The van der Waals surface area contributed by atoms with Crippen molar-refractivity contribution < 1.29 is 4.58 Å². The molecular weight excluding hydrogens is 280 g/mol. The molecule has 0 fully saturated rings. The number of aryl methyl sites for hydroxylation is 2. The van der Waals surface area contributed by atoms with Crippen LogP contribution < -0.4 is 0 Å². The fourth-order valence-electron chi connectivity index (χ4n) is 3.07. The molecule has 1 aliphatic heterocycles. The Morgan fingerprint density at radius 2 is 1.30 bits per heavy atom. The Labute approximate surface area is 140 Å². The van der Waals surface area contributed by atoms with E-state index in [1.165, 1.54) is 22.3 Å². The zero-order chi connectivity index (χ0) is 16.1. The molecule has 0 spiro atoms. The SMILES string of the molecule is CCc1ccc(CN2C=[N+](Cc3ccc(CC)cc3)CC2)cc1. The average molecular weight is 307 g/mol. The quantitative estimate of drug-likeness (QED) is 0.734. The Balaban J connectivity index is 1.58. The molecule has 0 saturated carbocycles. The summed E-state index contributed by atoms with van der Waals surface area (Å²) < 4.78 is 2.42. The van der Waals surface area contributed by atoms with Gasteiger partial charge < -0.3 is 0 Å². The van der Waals surface area contributed by atoms with E-state index in [1.54, 1.807) is 0 Å². The summed E-state index contributed by atoms with van der Waals surface area (Å²) in [6.07, 6.45) is 4.52. The Hall–Kier alpha value is -2.09. The van der Waals surface area contributed by atoms with Gasteiger partial charge in [0.25, 0.3) is 0 Å². The lowest BCUT2D eigenvalue weighted by Gasteiger charge is -2.07. The van der Waals surface area contributed by atoms with Gasteiger partial charge in [-0.3, -0.25) is 9.48 Å². The van der Waals surface area contributed by atoms with Crippen LogP contribution in [-0.2, 0) is 25.9 Å². The summed E-state index contributed by atoms with van der Waals surface area (Å²) in [5.74, 6) is 0. The van der Waals surface area contributed by atoms with Crippen LogP contribution in [0.4, 0.5) is 0 Å². The van der Waals surface area contributed by atoms with E-state index in [-0.39, 0.29) is 0 Å². The van der Waals surface area contributed by atoms with Crippen molar-refractivity contribution in [3.8, 4) is 0 Å². The van der Waals surface area contributed by atoms with Crippen LogP contribution in [0.2, 0.25) is 0 Å². The van der Waals surface area contributed by atoms with Crippen LogP contribution in [0, 0.1) is 0 Å².